The van der Waals surface area contributed by atoms with Crippen LogP contribution in [0.3, 0.4) is 0 Å². The maximum Gasteiger partial charge on any atom is 0.123 e. The van der Waals surface area contributed by atoms with Gasteiger partial charge in [0.05, 0.1) is 17.4 Å². The summed E-state index contributed by atoms with van der Waals surface area (Å²) < 4.78 is 15.1. The molecule has 0 spiro atoms. The van der Waals surface area contributed by atoms with E-state index in [0.29, 0.717) is 6.54 Å². The molecule has 1 fully saturated rings. The van der Waals surface area contributed by atoms with Crippen molar-refractivity contribution in [1.29, 1.82) is 0 Å². The standard InChI is InChI=1S/C25H24FN3O/c1-17-2-9-22(10-3-17)27-16-25(30,19-4-5-19)20-6-13-24-18(14-20)15-28-29(24)23-11-7-21(26)8-12-23/h2-3,6-15,19,27,30H,4-5,16H2,1H3. The Labute approximate surface area is 175 Å². The normalized spacial score (nSPS) is 15.8. The highest BCUT2D eigenvalue weighted by Gasteiger charge is 2.45. The van der Waals surface area contributed by atoms with Gasteiger partial charge in [-0.3, -0.25) is 0 Å². The maximum atomic E-state index is 13.3. The second-order valence-electron chi connectivity index (χ2n) is 8.22. The highest BCUT2D eigenvalue weighted by atomic mass is 19.1. The first-order valence-corrected chi connectivity index (χ1v) is 10.3. The molecule has 0 aliphatic heterocycles. The van der Waals surface area contributed by atoms with Gasteiger partial charge in [0.25, 0.3) is 0 Å². The summed E-state index contributed by atoms with van der Waals surface area (Å²) in [5.41, 5.74) is 3.91. The summed E-state index contributed by atoms with van der Waals surface area (Å²) in [6.07, 6.45) is 3.85. The topological polar surface area (TPSA) is 50.1 Å². The number of anilines is 1. The Bertz CT molecular complexity index is 1180. The molecule has 1 unspecified atom stereocenters. The van der Waals surface area contributed by atoms with Crippen LogP contribution in [0.5, 0.6) is 0 Å². The first-order chi connectivity index (χ1) is 14.5. The van der Waals surface area contributed by atoms with Crippen LogP contribution in [0, 0.1) is 18.7 Å². The zero-order valence-corrected chi connectivity index (χ0v) is 16.8. The van der Waals surface area contributed by atoms with Gasteiger partial charge in [-0.15, -0.1) is 0 Å². The molecule has 4 aromatic rings. The van der Waals surface area contributed by atoms with E-state index in [4.69, 9.17) is 0 Å². The average molecular weight is 401 g/mol. The van der Waals surface area contributed by atoms with Crippen molar-refractivity contribution in [2.45, 2.75) is 25.4 Å². The van der Waals surface area contributed by atoms with E-state index in [9.17, 15) is 9.50 Å². The van der Waals surface area contributed by atoms with Gasteiger partial charge in [-0.1, -0.05) is 23.8 Å². The number of benzene rings is 3. The van der Waals surface area contributed by atoms with E-state index < -0.39 is 5.60 Å². The van der Waals surface area contributed by atoms with E-state index in [2.05, 4.69) is 29.5 Å². The quantitative estimate of drug-likeness (QED) is 0.468. The number of rotatable bonds is 6. The van der Waals surface area contributed by atoms with Crippen LogP contribution in [-0.2, 0) is 5.60 Å². The highest BCUT2D eigenvalue weighted by Crippen LogP contribution is 2.46. The van der Waals surface area contributed by atoms with Crippen molar-refractivity contribution in [2.75, 3.05) is 11.9 Å². The number of halogens is 1. The van der Waals surface area contributed by atoms with Crippen LogP contribution in [0.2, 0.25) is 0 Å². The SMILES string of the molecule is Cc1ccc(NCC(O)(c2ccc3c(cnn3-c3ccc(F)cc3)c2)C2CC2)cc1. The third kappa shape index (κ3) is 3.46. The fourth-order valence-corrected chi connectivity index (χ4v) is 4.04. The van der Waals surface area contributed by atoms with Gasteiger partial charge in [0.15, 0.2) is 0 Å². The number of hydrogen-bond donors (Lipinski definition) is 2. The molecular weight excluding hydrogens is 377 g/mol. The molecule has 1 aliphatic carbocycles. The lowest BCUT2D eigenvalue weighted by Gasteiger charge is -2.30. The Morgan fingerprint density at radius 1 is 1.07 bits per heavy atom. The summed E-state index contributed by atoms with van der Waals surface area (Å²) >= 11 is 0. The van der Waals surface area contributed by atoms with Crippen LogP contribution < -0.4 is 5.32 Å². The van der Waals surface area contributed by atoms with Crippen molar-refractivity contribution in [3.8, 4) is 5.69 Å². The van der Waals surface area contributed by atoms with E-state index in [1.165, 1.54) is 17.7 Å². The van der Waals surface area contributed by atoms with Crippen molar-refractivity contribution < 1.29 is 9.50 Å². The van der Waals surface area contributed by atoms with Gasteiger partial charge < -0.3 is 10.4 Å². The van der Waals surface area contributed by atoms with Crippen molar-refractivity contribution >= 4 is 16.6 Å². The molecule has 5 rings (SSSR count). The summed E-state index contributed by atoms with van der Waals surface area (Å²) in [5.74, 6) is -0.0203. The molecule has 1 atom stereocenters. The first kappa shape index (κ1) is 18.8. The minimum atomic E-state index is -0.933. The van der Waals surface area contributed by atoms with Gasteiger partial charge in [0.1, 0.15) is 11.4 Å². The fourth-order valence-electron chi connectivity index (χ4n) is 4.04. The highest BCUT2D eigenvalue weighted by molar-refractivity contribution is 5.81. The van der Waals surface area contributed by atoms with Gasteiger partial charge in [-0.25, -0.2) is 9.07 Å². The molecule has 2 N–H and O–H groups in total. The second-order valence-corrected chi connectivity index (χ2v) is 8.22. The maximum absolute atomic E-state index is 13.3. The summed E-state index contributed by atoms with van der Waals surface area (Å²) in [6.45, 7) is 2.52. The zero-order valence-electron chi connectivity index (χ0n) is 16.8. The second kappa shape index (κ2) is 7.26. The van der Waals surface area contributed by atoms with E-state index in [0.717, 1.165) is 40.7 Å². The molecule has 30 heavy (non-hydrogen) atoms. The summed E-state index contributed by atoms with van der Waals surface area (Å²) in [6, 6.07) is 20.5. The smallest absolute Gasteiger partial charge is 0.123 e. The van der Waals surface area contributed by atoms with Crippen molar-refractivity contribution in [1.82, 2.24) is 9.78 Å². The summed E-state index contributed by atoms with van der Waals surface area (Å²) in [4.78, 5) is 0. The van der Waals surface area contributed by atoms with Crippen LogP contribution >= 0.6 is 0 Å². The summed E-state index contributed by atoms with van der Waals surface area (Å²) in [7, 11) is 0. The summed E-state index contributed by atoms with van der Waals surface area (Å²) in [5, 5.41) is 20.5. The molecule has 1 aliphatic rings. The predicted octanol–water partition coefficient (Wildman–Crippen LogP) is 5.18. The lowest BCUT2D eigenvalue weighted by Crippen LogP contribution is -2.36. The molecule has 3 aromatic carbocycles. The third-order valence-corrected chi connectivity index (χ3v) is 6.01. The number of fused-ring (bicyclic) bond motifs is 1. The molecule has 0 radical (unpaired) electrons. The Balaban J connectivity index is 1.45. The minimum Gasteiger partial charge on any atom is -0.383 e. The Morgan fingerprint density at radius 2 is 1.80 bits per heavy atom. The Morgan fingerprint density at radius 3 is 2.50 bits per heavy atom. The van der Waals surface area contributed by atoms with Crippen LogP contribution in [0.1, 0.15) is 24.0 Å². The first-order valence-electron chi connectivity index (χ1n) is 10.3. The van der Waals surface area contributed by atoms with Gasteiger partial charge in [-0.05, 0) is 79.8 Å². The number of hydrogen-bond acceptors (Lipinski definition) is 3. The van der Waals surface area contributed by atoms with Crippen LogP contribution in [0.25, 0.3) is 16.6 Å². The molecular formula is C25H24FN3O. The van der Waals surface area contributed by atoms with Crippen molar-refractivity contribution in [2.24, 2.45) is 5.92 Å². The molecule has 1 saturated carbocycles. The van der Waals surface area contributed by atoms with Gasteiger partial charge >= 0.3 is 0 Å². The lowest BCUT2D eigenvalue weighted by atomic mass is 9.88. The third-order valence-electron chi connectivity index (χ3n) is 6.01. The molecule has 0 bridgehead atoms. The number of aliphatic hydroxyl groups is 1. The number of nitrogens with zero attached hydrogens (tertiary/aromatic N) is 2. The molecule has 1 aromatic heterocycles. The lowest BCUT2D eigenvalue weighted by molar-refractivity contribution is 0.0267. The van der Waals surface area contributed by atoms with E-state index in [1.54, 1.807) is 23.0 Å². The molecule has 0 amide bonds. The zero-order chi connectivity index (χ0) is 20.7. The molecule has 4 nitrogen and oxygen atoms in total. The van der Waals surface area contributed by atoms with Crippen LogP contribution in [-0.4, -0.2) is 21.4 Å². The number of nitrogens with one attached hydrogen (secondary N) is 1. The Hall–Kier alpha value is -3.18. The van der Waals surface area contributed by atoms with Crippen LogP contribution in [0.4, 0.5) is 10.1 Å². The fraction of sp³-hybridized carbons (Fsp3) is 0.240. The van der Waals surface area contributed by atoms with Crippen LogP contribution in [0.15, 0.2) is 72.9 Å². The van der Waals surface area contributed by atoms with E-state index in [-0.39, 0.29) is 11.7 Å². The van der Waals surface area contributed by atoms with Crippen molar-refractivity contribution in [3.05, 3.63) is 89.9 Å². The molecule has 0 saturated heterocycles. The average Bonchev–Trinajstić information content (AvgIpc) is 3.54. The minimum absolute atomic E-state index is 0.250. The monoisotopic (exact) mass is 401 g/mol. The van der Waals surface area contributed by atoms with E-state index in [1.807, 2.05) is 30.3 Å². The number of aromatic nitrogens is 2. The largest absolute Gasteiger partial charge is 0.383 e. The molecule has 152 valence electrons. The molecule has 1 heterocycles. The number of aryl methyl sites for hydroxylation is 1. The van der Waals surface area contributed by atoms with Gasteiger partial charge in [0, 0.05) is 17.6 Å². The molecule has 5 heteroatoms. The van der Waals surface area contributed by atoms with Gasteiger partial charge in [0.2, 0.25) is 0 Å². The van der Waals surface area contributed by atoms with Crippen molar-refractivity contribution in [3.63, 3.8) is 0 Å². The van der Waals surface area contributed by atoms with Gasteiger partial charge in [-0.2, -0.15) is 5.10 Å². The van der Waals surface area contributed by atoms with E-state index >= 15 is 0 Å². The Kier molecular flexibility index (Phi) is 4.55. The predicted molar refractivity (Wildman–Crippen MR) is 117 cm³/mol.